The minimum absolute atomic E-state index is 0.612. The first-order chi connectivity index (χ1) is 6.76. The molecule has 1 unspecified atom stereocenters. The lowest BCUT2D eigenvalue weighted by molar-refractivity contribution is -0.135. The van der Waals surface area contributed by atoms with Crippen molar-refractivity contribution >= 4 is 5.91 Å². The molecule has 0 bridgehead atoms. The SMILES string of the molecule is Cc1cc(C)c(C(C)(O)C(N)=O)c(C)c1. The van der Waals surface area contributed by atoms with E-state index in [1.54, 1.807) is 0 Å². The molecule has 1 aromatic rings. The van der Waals surface area contributed by atoms with Gasteiger partial charge in [-0.15, -0.1) is 0 Å². The van der Waals surface area contributed by atoms with Crippen molar-refractivity contribution in [1.29, 1.82) is 0 Å². The van der Waals surface area contributed by atoms with Crippen LogP contribution in [-0.2, 0) is 10.4 Å². The summed E-state index contributed by atoms with van der Waals surface area (Å²) in [5, 5.41) is 10.0. The van der Waals surface area contributed by atoms with Gasteiger partial charge in [0.25, 0.3) is 5.91 Å². The quantitative estimate of drug-likeness (QED) is 0.768. The van der Waals surface area contributed by atoms with Gasteiger partial charge in [0.2, 0.25) is 0 Å². The minimum atomic E-state index is -1.60. The van der Waals surface area contributed by atoms with Crippen LogP contribution in [0.15, 0.2) is 12.1 Å². The third-order valence-corrected chi connectivity index (χ3v) is 2.64. The van der Waals surface area contributed by atoms with Crippen LogP contribution >= 0.6 is 0 Å². The molecule has 0 aromatic heterocycles. The van der Waals surface area contributed by atoms with Gasteiger partial charge in [0, 0.05) is 0 Å². The molecular weight excluding hydrogens is 190 g/mol. The van der Waals surface area contributed by atoms with E-state index < -0.39 is 11.5 Å². The van der Waals surface area contributed by atoms with Crippen LogP contribution in [0.2, 0.25) is 0 Å². The molecule has 0 aliphatic heterocycles. The molecule has 0 radical (unpaired) electrons. The van der Waals surface area contributed by atoms with Crippen LogP contribution in [-0.4, -0.2) is 11.0 Å². The van der Waals surface area contributed by atoms with E-state index in [0.29, 0.717) is 5.56 Å². The topological polar surface area (TPSA) is 63.3 Å². The molecule has 0 saturated heterocycles. The Bertz CT molecular complexity index is 385. The van der Waals surface area contributed by atoms with E-state index >= 15 is 0 Å². The maximum absolute atomic E-state index is 11.2. The molecule has 1 atom stereocenters. The highest BCUT2D eigenvalue weighted by Crippen LogP contribution is 2.28. The van der Waals surface area contributed by atoms with Gasteiger partial charge >= 0.3 is 0 Å². The Labute approximate surface area is 89.9 Å². The van der Waals surface area contributed by atoms with Gasteiger partial charge in [-0.05, 0) is 44.4 Å². The molecule has 3 N–H and O–H groups in total. The number of rotatable bonds is 2. The molecule has 0 fully saturated rings. The Morgan fingerprint density at radius 3 is 2.00 bits per heavy atom. The van der Waals surface area contributed by atoms with E-state index in [0.717, 1.165) is 16.7 Å². The fourth-order valence-electron chi connectivity index (χ4n) is 2.07. The number of aliphatic hydroxyl groups is 1. The van der Waals surface area contributed by atoms with Crippen LogP contribution in [0.5, 0.6) is 0 Å². The molecule has 0 spiro atoms. The van der Waals surface area contributed by atoms with Crippen molar-refractivity contribution in [2.45, 2.75) is 33.3 Å². The van der Waals surface area contributed by atoms with E-state index in [1.165, 1.54) is 6.92 Å². The van der Waals surface area contributed by atoms with Crippen LogP contribution in [0.3, 0.4) is 0 Å². The van der Waals surface area contributed by atoms with Gasteiger partial charge in [-0.3, -0.25) is 4.79 Å². The van der Waals surface area contributed by atoms with Crippen molar-refractivity contribution in [3.63, 3.8) is 0 Å². The summed E-state index contributed by atoms with van der Waals surface area (Å²) in [6.07, 6.45) is 0. The summed E-state index contributed by atoms with van der Waals surface area (Å²) in [5.41, 5.74) is 7.08. The highest BCUT2D eigenvalue weighted by atomic mass is 16.3. The maximum Gasteiger partial charge on any atom is 0.253 e. The first-order valence-corrected chi connectivity index (χ1v) is 4.87. The number of benzene rings is 1. The number of hydrogen-bond acceptors (Lipinski definition) is 2. The number of hydrogen-bond donors (Lipinski definition) is 2. The molecule has 15 heavy (non-hydrogen) atoms. The Balaban J connectivity index is 3.44. The number of amides is 1. The van der Waals surface area contributed by atoms with Crippen LogP contribution in [0, 0.1) is 20.8 Å². The molecule has 0 saturated carbocycles. The van der Waals surface area contributed by atoms with Crippen molar-refractivity contribution in [2.75, 3.05) is 0 Å². The molecule has 1 rings (SSSR count). The van der Waals surface area contributed by atoms with Gasteiger partial charge < -0.3 is 10.8 Å². The first-order valence-electron chi connectivity index (χ1n) is 4.87. The Hall–Kier alpha value is -1.35. The van der Waals surface area contributed by atoms with E-state index in [9.17, 15) is 9.90 Å². The number of carbonyl (C=O) groups excluding carboxylic acids is 1. The lowest BCUT2D eigenvalue weighted by Crippen LogP contribution is -2.39. The highest BCUT2D eigenvalue weighted by Gasteiger charge is 2.32. The maximum atomic E-state index is 11.2. The fourth-order valence-corrected chi connectivity index (χ4v) is 2.07. The van der Waals surface area contributed by atoms with Crippen LogP contribution in [0.1, 0.15) is 29.2 Å². The standard InChI is InChI=1S/C12H17NO2/c1-7-5-8(2)10(9(3)6-7)12(4,15)11(13)14/h5-6,15H,1-4H3,(H2,13,14). The zero-order valence-electron chi connectivity index (χ0n) is 9.59. The summed E-state index contributed by atoms with van der Waals surface area (Å²) in [6.45, 7) is 7.14. The summed E-state index contributed by atoms with van der Waals surface area (Å²) in [6, 6.07) is 3.86. The molecule has 0 aliphatic rings. The smallest absolute Gasteiger partial charge is 0.253 e. The predicted molar refractivity (Wildman–Crippen MR) is 59.4 cm³/mol. The molecule has 1 aromatic carbocycles. The largest absolute Gasteiger partial charge is 0.376 e. The molecule has 0 heterocycles. The summed E-state index contributed by atoms with van der Waals surface area (Å²) in [7, 11) is 0. The van der Waals surface area contributed by atoms with E-state index in [1.807, 2.05) is 32.9 Å². The van der Waals surface area contributed by atoms with Gasteiger partial charge in [0.15, 0.2) is 5.60 Å². The summed E-state index contributed by atoms with van der Waals surface area (Å²) < 4.78 is 0. The first kappa shape index (κ1) is 11.7. The lowest BCUT2D eigenvalue weighted by Gasteiger charge is -2.24. The van der Waals surface area contributed by atoms with E-state index in [2.05, 4.69) is 0 Å². The third kappa shape index (κ3) is 2.02. The average molecular weight is 207 g/mol. The van der Waals surface area contributed by atoms with Crippen molar-refractivity contribution in [3.8, 4) is 0 Å². The Morgan fingerprint density at radius 1 is 1.27 bits per heavy atom. The van der Waals surface area contributed by atoms with Gasteiger partial charge in [0.1, 0.15) is 0 Å². The van der Waals surface area contributed by atoms with Crippen LogP contribution < -0.4 is 5.73 Å². The number of carbonyl (C=O) groups is 1. The zero-order chi connectivity index (χ0) is 11.8. The lowest BCUT2D eigenvalue weighted by atomic mass is 9.86. The Morgan fingerprint density at radius 2 is 1.67 bits per heavy atom. The van der Waals surface area contributed by atoms with Gasteiger partial charge in [-0.25, -0.2) is 0 Å². The number of aryl methyl sites for hydroxylation is 3. The van der Waals surface area contributed by atoms with Crippen LogP contribution in [0.25, 0.3) is 0 Å². The third-order valence-electron chi connectivity index (χ3n) is 2.64. The zero-order valence-corrected chi connectivity index (χ0v) is 9.59. The highest BCUT2D eigenvalue weighted by molar-refractivity contribution is 5.85. The number of primary amides is 1. The van der Waals surface area contributed by atoms with E-state index in [-0.39, 0.29) is 0 Å². The summed E-state index contributed by atoms with van der Waals surface area (Å²) in [5.74, 6) is -0.724. The van der Waals surface area contributed by atoms with Crippen molar-refractivity contribution in [1.82, 2.24) is 0 Å². The molecule has 3 heteroatoms. The van der Waals surface area contributed by atoms with Crippen molar-refractivity contribution in [2.24, 2.45) is 5.73 Å². The average Bonchev–Trinajstić information content (AvgIpc) is 2.00. The predicted octanol–water partition coefficient (Wildman–Crippen LogP) is 1.30. The second kappa shape index (κ2) is 3.66. The second-order valence-electron chi connectivity index (χ2n) is 4.21. The van der Waals surface area contributed by atoms with Gasteiger partial charge in [-0.2, -0.15) is 0 Å². The Kier molecular flexibility index (Phi) is 2.86. The molecule has 82 valence electrons. The second-order valence-corrected chi connectivity index (χ2v) is 4.21. The molecular formula is C12H17NO2. The minimum Gasteiger partial charge on any atom is -0.376 e. The molecule has 1 amide bonds. The van der Waals surface area contributed by atoms with Crippen molar-refractivity contribution in [3.05, 3.63) is 34.4 Å². The van der Waals surface area contributed by atoms with E-state index in [4.69, 9.17) is 5.73 Å². The fraction of sp³-hybridized carbons (Fsp3) is 0.417. The van der Waals surface area contributed by atoms with Crippen molar-refractivity contribution < 1.29 is 9.90 Å². The summed E-state index contributed by atoms with van der Waals surface area (Å²) in [4.78, 5) is 11.2. The molecule has 3 nitrogen and oxygen atoms in total. The summed E-state index contributed by atoms with van der Waals surface area (Å²) >= 11 is 0. The monoisotopic (exact) mass is 207 g/mol. The number of nitrogens with two attached hydrogens (primary N) is 1. The van der Waals surface area contributed by atoms with Gasteiger partial charge in [0.05, 0.1) is 0 Å². The normalized spacial score (nSPS) is 14.7. The van der Waals surface area contributed by atoms with Gasteiger partial charge in [-0.1, -0.05) is 17.7 Å². The molecule has 0 aliphatic carbocycles. The van der Waals surface area contributed by atoms with Crippen LogP contribution in [0.4, 0.5) is 0 Å².